The van der Waals surface area contributed by atoms with Crippen LogP contribution in [-0.2, 0) is 0 Å². The van der Waals surface area contributed by atoms with Crippen molar-refractivity contribution in [3.8, 4) is 11.3 Å². The van der Waals surface area contributed by atoms with Gasteiger partial charge >= 0.3 is 0 Å². The molecule has 0 unspecified atom stereocenters. The van der Waals surface area contributed by atoms with Crippen molar-refractivity contribution in [2.75, 3.05) is 11.5 Å². The molecule has 0 radical (unpaired) electrons. The molecule has 1 aromatic carbocycles. The van der Waals surface area contributed by atoms with Crippen molar-refractivity contribution < 1.29 is 4.42 Å². The van der Waals surface area contributed by atoms with Gasteiger partial charge in [-0.3, -0.25) is 0 Å². The van der Waals surface area contributed by atoms with Crippen molar-refractivity contribution in [3.63, 3.8) is 0 Å². The summed E-state index contributed by atoms with van der Waals surface area (Å²) in [6, 6.07) is 1.91. The second-order valence-electron chi connectivity index (χ2n) is 3.56. The van der Waals surface area contributed by atoms with Crippen LogP contribution in [0.2, 0.25) is 0 Å². The molecule has 0 saturated heterocycles. The molecule has 2 rings (SSSR count). The molecular formula is C11H13N3O. The molecule has 4 nitrogen and oxygen atoms in total. The van der Waals surface area contributed by atoms with E-state index in [0.29, 0.717) is 11.4 Å². The number of hydrogen-bond acceptors (Lipinski definition) is 4. The normalized spacial score (nSPS) is 10.5. The lowest BCUT2D eigenvalue weighted by Gasteiger charge is -2.11. The number of oxazole rings is 1. The molecule has 4 N–H and O–H groups in total. The second-order valence-corrected chi connectivity index (χ2v) is 3.56. The highest BCUT2D eigenvalue weighted by atomic mass is 16.3. The van der Waals surface area contributed by atoms with Gasteiger partial charge in [0.25, 0.3) is 0 Å². The highest BCUT2D eigenvalue weighted by Gasteiger charge is 2.12. The SMILES string of the molecule is Cc1cc(-c2cnco2)c(N)c(C)c1N. The Morgan fingerprint density at radius 3 is 2.53 bits per heavy atom. The van der Waals surface area contributed by atoms with Gasteiger partial charge in [0.1, 0.15) is 0 Å². The van der Waals surface area contributed by atoms with Gasteiger partial charge in [-0.1, -0.05) is 0 Å². The summed E-state index contributed by atoms with van der Waals surface area (Å²) in [6.45, 7) is 3.85. The van der Waals surface area contributed by atoms with Crippen LogP contribution >= 0.6 is 0 Å². The summed E-state index contributed by atoms with van der Waals surface area (Å²) in [5.74, 6) is 0.665. The standard InChI is InChI=1S/C11H13N3O/c1-6-3-8(9-4-14-5-15-9)11(13)7(2)10(6)12/h3-5H,12-13H2,1-2H3. The van der Waals surface area contributed by atoms with E-state index in [9.17, 15) is 0 Å². The number of hydrogen-bond donors (Lipinski definition) is 2. The maximum Gasteiger partial charge on any atom is 0.181 e. The van der Waals surface area contributed by atoms with Gasteiger partial charge in [-0.05, 0) is 31.0 Å². The monoisotopic (exact) mass is 203 g/mol. The largest absolute Gasteiger partial charge is 0.443 e. The highest BCUT2D eigenvalue weighted by molar-refractivity contribution is 5.81. The lowest BCUT2D eigenvalue weighted by molar-refractivity contribution is 0.572. The summed E-state index contributed by atoms with van der Waals surface area (Å²) in [5, 5.41) is 0. The van der Waals surface area contributed by atoms with Gasteiger partial charge in [-0.25, -0.2) is 4.98 Å². The summed E-state index contributed by atoms with van der Waals surface area (Å²) < 4.78 is 5.22. The van der Waals surface area contributed by atoms with Gasteiger partial charge in [-0.15, -0.1) is 0 Å². The zero-order chi connectivity index (χ0) is 11.0. The number of rotatable bonds is 1. The predicted octanol–water partition coefficient (Wildman–Crippen LogP) is 2.12. The van der Waals surface area contributed by atoms with Crippen molar-refractivity contribution in [3.05, 3.63) is 29.8 Å². The average molecular weight is 203 g/mol. The van der Waals surface area contributed by atoms with Gasteiger partial charge in [0.15, 0.2) is 12.2 Å². The molecule has 0 amide bonds. The van der Waals surface area contributed by atoms with Crippen LogP contribution in [0.1, 0.15) is 11.1 Å². The summed E-state index contributed by atoms with van der Waals surface area (Å²) in [6.07, 6.45) is 3.02. The lowest BCUT2D eigenvalue weighted by atomic mass is 10.0. The molecular weight excluding hydrogens is 190 g/mol. The molecule has 1 heterocycles. The third-order valence-corrected chi connectivity index (χ3v) is 2.58. The minimum absolute atomic E-state index is 0.648. The minimum atomic E-state index is 0.648. The topological polar surface area (TPSA) is 78.1 Å². The lowest BCUT2D eigenvalue weighted by Crippen LogP contribution is -2.00. The Morgan fingerprint density at radius 1 is 1.20 bits per heavy atom. The van der Waals surface area contributed by atoms with E-state index in [1.807, 2.05) is 19.9 Å². The number of benzene rings is 1. The Morgan fingerprint density at radius 2 is 1.93 bits per heavy atom. The molecule has 0 aliphatic carbocycles. The zero-order valence-corrected chi connectivity index (χ0v) is 8.74. The van der Waals surface area contributed by atoms with Crippen molar-refractivity contribution in [1.82, 2.24) is 4.98 Å². The van der Waals surface area contributed by atoms with Gasteiger partial charge in [0.05, 0.1) is 6.20 Å². The predicted molar refractivity (Wildman–Crippen MR) is 60.2 cm³/mol. The minimum Gasteiger partial charge on any atom is -0.443 e. The Bertz CT molecular complexity index is 489. The maximum absolute atomic E-state index is 5.98. The Labute approximate surface area is 87.9 Å². The fraction of sp³-hybridized carbons (Fsp3) is 0.182. The van der Waals surface area contributed by atoms with Crippen molar-refractivity contribution >= 4 is 11.4 Å². The highest BCUT2D eigenvalue weighted by Crippen LogP contribution is 2.33. The van der Waals surface area contributed by atoms with Crippen molar-refractivity contribution in [2.24, 2.45) is 0 Å². The Hall–Kier alpha value is -1.97. The van der Waals surface area contributed by atoms with E-state index < -0.39 is 0 Å². The number of nitrogens with two attached hydrogens (primary N) is 2. The van der Waals surface area contributed by atoms with Crippen LogP contribution in [0.3, 0.4) is 0 Å². The van der Waals surface area contributed by atoms with Gasteiger partial charge in [0, 0.05) is 16.9 Å². The average Bonchev–Trinajstić information content (AvgIpc) is 2.73. The quantitative estimate of drug-likeness (QED) is 0.696. The molecule has 0 bridgehead atoms. The Kier molecular flexibility index (Phi) is 2.11. The Balaban J connectivity index is 2.69. The molecule has 4 heteroatoms. The first-order chi connectivity index (χ1) is 7.11. The van der Waals surface area contributed by atoms with Crippen LogP contribution in [0.5, 0.6) is 0 Å². The van der Waals surface area contributed by atoms with E-state index in [-0.39, 0.29) is 0 Å². The van der Waals surface area contributed by atoms with Crippen molar-refractivity contribution in [1.29, 1.82) is 0 Å². The first-order valence-electron chi connectivity index (χ1n) is 4.65. The first-order valence-corrected chi connectivity index (χ1v) is 4.65. The van der Waals surface area contributed by atoms with E-state index in [2.05, 4.69) is 4.98 Å². The summed E-state index contributed by atoms with van der Waals surface area (Å²) in [7, 11) is 0. The molecule has 2 aromatic rings. The van der Waals surface area contributed by atoms with E-state index in [0.717, 1.165) is 22.4 Å². The fourth-order valence-electron chi connectivity index (χ4n) is 1.57. The summed E-state index contributed by atoms with van der Waals surface area (Å²) in [5.41, 5.74) is 16.0. The van der Waals surface area contributed by atoms with Crippen LogP contribution in [0.25, 0.3) is 11.3 Å². The molecule has 0 saturated carbocycles. The molecule has 0 atom stereocenters. The third kappa shape index (κ3) is 1.44. The number of aromatic nitrogens is 1. The molecule has 0 aliphatic rings. The fourth-order valence-corrected chi connectivity index (χ4v) is 1.57. The van der Waals surface area contributed by atoms with Crippen LogP contribution in [-0.4, -0.2) is 4.98 Å². The van der Waals surface area contributed by atoms with Crippen LogP contribution < -0.4 is 11.5 Å². The van der Waals surface area contributed by atoms with Gasteiger partial charge in [0.2, 0.25) is 0 Å². The molecule has 15 heavy (non-hydrogen) atoms. The second kappa shape index (κ2) is 3.31. The molecule has 1 aromatic heterocycles. The van der Waals surface area contributed by atoms with E-state index in [1.54, 1.807) is 6.20 Å². The van der Waals surface area contributed by atoms with E-state index in [4.69, 9.17) is 15.9 Å². The number of nitrogen functional groups attached to an aromatic ring is 2. The van der Waals surface area contributed by atoms with Crippen LogP contribution in [0.15, 0.2) is 23.1 Å². The van der Waals surface area contributed by atoms with Crippen molar-refractivity contribution in [2.45, 2.75) is 13.8 Å². The first kappa shape index (κ1) is 9.58. The summed E-state index contributed by atoms with van der Waals surface area (Å²) in [4.78, 5) is 3.87. The summed E-state index contributed by atoms with van der Waals surface area (Å²) >= 11 is 0. The molecule has 0 aliphatic heterocycles. The van der Waals surface area contributed by atoms with Crippen LogP contribution in [0, 0.1) is 13.8 Å². The molecule has 0 fully saturated rings. The van der Waals surface area contributed by atoms with Gasteiger partial charge in [-0.2, -0.15) is 0 Å². The number of anilines is 2. The molecule has 78 valence electrons. The zero-order valence-electron chi connectivity index (χ0n) is 8.74. The number of aryl methyl sites for hydroxylation is 1. The third-order valence-electron chi connectivity index (χ3n) is 2.58. The molecule has 0 spiro atoms. The van der Waals surface area contributed by atoms with E-state index >= 15 is 0 Å². The van der Waals surface area contributed by atoms with Gasteiger partial charge < -0.3 is 15.9 Å². The van der Waals surface area contributed by atoms with Crippen LogP contribution in [0.4, 0.5) is 11.4 Å². The maximum atomic E-state index is 5.98. The van der Waals surface area contributed by atoms with E-state index in [1.165, 1.54) is 6.39 Å². The number of nitrogens with zero attached hydrogens (tertiary/aromatic N) is 1. The smallest absolute Gasteiger partial charge is 0.181 e.